The number of nitrogens with one attached hydrogen (secondary N) is 2. The fourth-order valence-corrected chi connectivity index (χ4v) is 3.02. The average molecular weight is 360 g/mol. The number of anilines is 1. The maximum Gasteiger partial charge on any atom is 0.223 e. The first-order valence-electron chi connectivity index (χ1n) is 8.98. The molecule has 7 nitrogen and oxygen atoms in total. The van der Waals surface area contributed by atoms with Crippen LogP contribution in [0, 0.1) is 12.7 Å². The van der Waals surface area contributed by atoms with E-state index in [4.69, 9.17) is 4.52 Å². The molecule has 2 aromatic rings. The molecule has 3 rings (SSSR count). The third-order valence-corrected chi connectivity index (χ3v) is 4.30. The van der Waals surface area contributed by atoms with Gasteiger partial charge >= 0.3 is 0 Å². The molecule has 1 aromatic heterocycles. The SMILES string of the molecule is CCNC(=NCc1noc(C)n1)NC1CCN(c2cccc(F)c2)CC1. The summed E-state index contributed by atoms with van der Waals surface area (Å²) in [4.78, 5) is 10.9. The molecule has 26 heavy (non-hydrogen) atoms. The molecule has 8 heteroatoms. The van der Waals surface area contributed by atoms with E-state index in [1.807, 2.05) is 13.0 Å². The van der Waals surface area contributed by atoms with Crippen LogP contribution in [0.15, 0.2) is 33.8 Å². The van der Waals surface area contributed by atoms with Crippen LogP contribution in [0.1, 0.15) is 31.5 Å². The molecule has 1 aromatic carbocycles. The van der Waals surface area contributed by atoms with Crippen molar-refractivity contribution < 1.29 is 8.91 Å². The van der Waals surface area contributed by atoms with Crippen molar-refractivity contribution in [1.29, 1.82) is 0 Å². The Balaban J connectivity index is 1.54. The Kier molecular flexibility index (Phi) is 6.04. The summed E-state index contributed by atoms with van der Waals surface area (Å²) in [5, 5.41) is 10.6. The van der Waals surface area contributed by atoms with E-state index < -0.39 is 0 Å². The lowest BCUT2D eigenvalue weighted by atomic mass is 10.0. The summed E-state index contributed by atoms with van der Waals surface area (Å²) >= 11 is 0. The molecule has 0 amide bonds. The molecule has 2 N–H and O–H groups in total. The molecule has 0 aliphatic carbocycles. The molecule has 0 bridgehead atoms. The summed E-state index contributed by atoms with van der Waals surface area (Å²) in [6.45, 7) is 6.70. The van der Waals surface area contributed by atoms with E-state index in [1.165, 1.54) is 6.07 Å². The van der Waals surface area contributed by atoms with Crippen molar-refractivity contribution >= 4 is 11.6 Å². The number of halogens is 1. The van der Waals surface area contributed by atoms with Crippen molar-refractivity contribution in [3.63, 3.8) is 0 Å². The van der Waals surface area contributed by atoms with E-state index in [0.29, 0.717) is 24.3 Å². The van der Waals surface area contributed by atoms with Gasteiger partial charge in [-0.05, 0) is 38.0 Å². The summed E-state index contributed by atoms with van der Waals surface area (Å²) in [5.74, 6) is 1.67. The van der Waals surface area contributed by atoms with Crippen molar-refractivity contribution in [2.24, 2.45) is 4.99 Å². The number of rotatable bonds is 5. The topological polar surface area (TPSA) is 78.6 Å². The van der Waals surface area contributed by atoms with Crippen molar-refractivity contribution in [1.82, 2.24) is 20.8 Å². The molecular formula is C18H25FN6O. The molecule has 0 unspecified atom stereocenters. The standard InChI is InChI=1S/C18H25FN6O/c1-3-20-18(21-12-17-22-13(2)26-24-17)23-15-7-9-25(10-8-15)16-6-4-5-14(19)11-16/h4-6,11,15H,3,7-10,12H2,1-2H3,(H2,20,21,23). The zero-order valence-corrected chi connectivity index (χ0v) is 15.2. The van der Waals surface area contributed by atoms with Crippen molar-refractivity contribution in [2.75, 3.05) is 24.5 Å². The highest BCUT2D eigenvalue weighted by Gasteiger charge is 2.20. The van der Waals surface area contributed by atoms with Crippen LogP contribution < -0.4 is 15.5 Å². The van der Waals surface area contributed by atoms with Crippen molar-refractivity contribution in [3.8, 4) is 0 Å². The minimum atomic E-state index is -0.194. The Morgan fingerprint density at radius 1 is 1.38 bits per heavy atom. The van der Waals surface area contributed by atoms with Crippen LogP contribution >= 0.6 is 0 Å². The van der Waals surface area contributed by atoms with Crippen LogP contribution in [0.2, 0.25) is 0 Å². The number of piperidine rings is 1. The van der Waals surface area contributed by atoms with Crippen LogP contribution in [0.4, 0.5) is 10.1 Å². The van der Waals surface area contributed by atoms with Crippen LogP contribution in [0.5, 0.6) is 0 Å². The second-order valence-corrected chi connectivity index (χ2v) is 6.31. The summed E-state index contributed by atoms with van der Waals surface area (Å²) in [7, 11) is 0. The van der Waals surface area contributed by atoms with Gasteiger partial charge in [0.2, 0.25) is 5.89 Å². The molecule has 1 aliphatic rings. The van der Waals surface area contributed by atoms with Crippen LogP contribution in [-0.4, -0.2) is 41.8 Å². The van der Waals surface area contributed by atoms with Crippen LogP contribution in [0.25, 0.3) is 0 Å². The number of aryl methyl sites for hydroxylation is 1. The van der Waals surface area contributed by atoms with Crippen molar-refractivity contribution in [3.05, 3.63) is 41.8 Å². The minimum absolute atomic E-state index is 0.194. The molecule has 2 heterocycles. The second-order valence-electron chi connectivity index (χ2n) is 6.31. The van der Waals surface area contributed by atoms with Gasteiger partial charge in [-0.1, -0.05) is 11.2 Å². The van der Waals surface area contributed by atoms with Gasteiger partial charge in [0, 0.05) is 38.3 Å². The van der Waals surface area contributed by atoms with Crippen molar-refractivity contribution in [2.45, 2.75) is 39.3 Å². The normalized spacial score (nSPS) is 16.0. The molecule has 0 atom stereocenters. The fourth-order valence-electron chi connectivity index (χ4n) is 3.02. The van der Waals surface area contributed by atoms with Gasteiger partial charge < -0.3 is 20.1 Å². The van der Waals surface area contributed by atoms with E-state index in [2.05, 4.69) is 30.7 Å². The molecular weight excluding hydrogens is 335 g/mol. The number of hydrogen-bond donors (Lipinski definition) is 2. The molecule has 1 aliphatic heterocycles. The number of aromatic nitrogens is 2. The summed E-state index contributed by atoms with van der Waals surface area (Å²) in [6.07, 6.45) is 1.92. The predicted octanol–water partition coefficient (Wildman–Crippen LogP) is 2.24. The lowest BCUT2D eigenvalue weighted by Gasteiger charge is -2.34. The van der Waals surface area contributed by atoms with Crippen LogP contribution in [0.3, 0.4) is 0 Å². The maximum absolute atomic E-state index is 13.4. The van der Waals surface area contributed by atoms with Crippen LogP contribution in [-0.2, 0) is 6.54 Å². The average Bonchev–Trinajstić information content (AvgIpc) is 3.06. The second kappa shape index (κ2) is 8.64. The Hall–Kier alpha value is -2.64. The Bertz CT molecular complexity index is 739. The molecule has 1 fully saturated rings. The third-order valence-electron chi connectivity index (χ3n) is 4.30. The molecule has 0 radical (unpaired) electrons. The Morgan fingerprint density at radius 2 is 2.19 bits per heavy atom. The highest BCUT2D eigenvalue weighted by atomic mass is 19.1. The quantitative estimate of drug-likeness (QED) is 0.629. The van der Waals surface area contributed by atoms with E-state index in [9.17, 15) is 4.39 Å². The Morgan fingerprint density at radius 3 is 2.85 bits per heavy atom. The number of nitrogens with zero attached hydrogens (tertiary/aromatic N) is 4. The summed E-state index contributed by atoms with van der Waals surface area (Å²) in [6, 6.07) is 7.10. The van der Waals surface area contributed by atoms with Gasteiger partial charge in [0.05, 0.1) is 0 Å². The first kappa shape index (κ1) is 18.2. The van der Waals surface area contributed by atoms with E-state index in [0.717, 1.165) is 44.1 Å². The first-order valence-corrected chi connectivity index (χ1v) is 8.98. The first-order chi connectivity index (χ1) is 12.6. The fraction of sp³-hybridized carbons (Fsp3) is 0.500. The van der Waals surface area contributed by atoms with E-state index >= 15 is 0 Å². The number of aliphatic imine (C=N–C) groups is 1. The van der Waals surface area contributed by atoms with E-state index in [-0.39, 0.29) is 5.82 Å². The largest absolute Gasteiger partial charge is 0.371 e. The highest BCUT2D eigenvalue weighted by molar-refractivity contribution is 5.80. The molecule has 140 valence electrons. The Labute approximate surface area is 152 Å². The number of guanidine groups is 1. The van der Waals surface area contributed by atoms with E-state index in [1.54, 1.807) is 19.1 Å². The van der Waals surface area contributed by atoms with Gasteiger partial charge in [0.1, 0.15) is 12.4 Å². The molecule has 0 spiro atoms. The smallest absolute Gasteiger partial charge is 0.223 e. The van der Waals surface area contributed by atoms with Gasteiger partial charge in [-0.3, -0.25) is 0 Å². The maximum atomic E-state index is 13.4. The van der Waals surface area contributed by atoms with Gasteiger partial charge in [0.15, 0.2) is 11.8 Å². The third kappa shape index (κ3) is 4.93. The summed E-state index contributed by atoms with van der Waals surface area (Å²) < 4.78 is 18.4. The lowest BCUT2D eigenvalue weighted by Crippen LogP contribution is -2.48. The van der Waals surface area contributed by atoms with Gasteiger partial charge in [-0.15, -0.1) is 0 Å². The zero-order chi connectivity index (χ0) is 18.4. The van der Waals surface area contributed by atoms with Gasteiger partial charge in [-0.25, -0.2) is 9.38 Å². The minimum Gasteiger partial charge on any atom is -0.371 e. The highest BCUT2D eigenvalue weighted by Crippen LogP contribution is 2.20. The number of benzene rings is 1. The predicted molar refractivity (Wildman–Crippen MR) is 98.6 cm³/mol. The number of hydrogen-bond acceptors (Lipinski definition) is 5. The molecule has 0 saturated carbocycles. The zero-order valence-electron chi connectivity index (χ0n) is 15.2. The molecule has 1 saturated heterocycles. The van der Waals surface area contributed by atoms with Gasteiger partial charge in [-0.2, -0.15) is 4.98 Å². The monoisotopic (exact) mass is 360 g/mol. The lowest BCUT2D eigenvalue weighted by molar-refractivity contribution is 0.387. The summed E-state index contributed by atoms with van der Waals surface area (Å²) in [5.41, 5.74) is 0.941. The van der Waals surface area contributed by atoms with Gasteiger partial charge in [0.25, 0.3) is 0 Å².